The number of benzene rings is 2. The average Bonchev–Trinajstić information content (AvgIpc) is 2.66. The molecular weight excluding hydrogens is 431 g/mol. The monoisotopic (exact) mass is 456 g/mol. The molecule has 0 unspecified atom stereocenters. The number of nitrogens with zero attached hydrogens (tertiary/aromatic N) is 1. The Hall–Kier alpha value is -1.76. The highest BCUT2D eigenvalue weighted by Gasteiger charge is 2.19. The van der Waals surface area contributed by atoms with Gasteiger partial charge in [-0.2, -0.15) is 0 Å². The van der Waals surface area contributed by atoms with Crippen LogP contribution < -0.4 is 9.62 Å². The van der Waals surface area contributed by atoms with Crippen LogP contribution in [0, 0.1) is 0 Å². The minimum atomic E-state index is -3.52. The minimum absolute atomic E-state index is 0.116. The molecule has 0 aliphatic rings. The predicted molar refractivity (Wildman–Crippen MR) is 120 cm³/mol. The van der Waals surface area contributed by atoms with Crippen LogP contribution in [0.3, 0.4) is 0 Å². The highest BCUT2D eigenvalue weighted by atomic mass is 35.5. The molecule has 1 atom stereocenters. The second-order valence-corrected chi connectivity index (χ2v) is 9.64. The molecule has 0 spiro atoms. The van der Waals surface area contributed by atoms with Gasteiger partial charge in [-0.1, -0.05) is 54.4 Å². The number of rotatable bonds is 9. The van der Waals surface area contributed by atoms with Crippen LogP contribution in [-0.2, 0) is 21.2 Å². The van der Waals surface area contributed by atoms with Crippen molar-refractivity contribution in [3.63, 3.8) is 0 Å². The van der Waals surface area contributed by atoms with E-state index in [2.05, 4.69) is 24.4 Å². The van der Waals surface area contributed by atoms with E-state index in [-0.39, 0.29) is 29.9 Å². The van der Waals surface area contributed by atoms with E-state index in [1.165, 1.54) is 15.9 Å². The third kappa shape index (κ3) is 6.91. The molecule has 0 radical (unpaired) electrons. The zero-order valence-corrected chi connectivity index (χ0v) is 19.1. The number of amides is 1. The molecule has 29 heavy (non-hydrogen) atoms. The summed E-state index contributed by atoms with van der Waals surface area (Å²) in [5, 5.41) is 3.58. The van der Waals surface area contributed by atoms with Crippen LogP contribution in [0.4, 0.5) is 5.69 Å². The van der Waals surface area contributed by atoms with Crippen LogP contribution >= 0.6 is 23.2 Å². The molecule has 0 heterocycles. The van der Waals surface area contributed by atoms with E-state index in [4.69, 9.17) is 23.2 Å². The summed E-state index contributed by atoms with van der Waals surface area (Å²) in [6, 6.07) is 12.7. The lowest BCUT2D eigenvalue weighted by atomic mass is 10.0. The Balaban J connectivity index is 1.94. The highest BCUT2D eigenvalue weighted by Crippen LogP contribution is 2.28. The van der Waals surface area contributed by atoms with Crippen LogP contribution in [0.25, 0.3) is 0 Å². The lowest BCUT2D eigenvalue weighted by Crippen LogP contribution is -2.32. The van der Waals surface area contributed by atoms with Crippen molar-refractivity contribution in [2.45, 2.75) is 39.2 Å². The van der Waals surface area contributed by atoms with Gasteiger partial charge in [0, 0.05) is 13.0 Å². The second-order valence-electron chi connectivity index (χ2n) is 6.92. The Kier molecular flexibility index (Phi) is 8.37. The number of halogens is 2. The maximum Gasteiger partial charge on any atom is 0.232 e. The Morgan fingerprint density at radius 3 is 2.31 bits per heavy atom. The van der Waals surface area contributed by atoms with Gasteiger partial charge in [0.25, 0.3) is 0 Å². The predicted octanol–water partition coefficient (Wildman–Crippen LogP) is 4.98. The molecule has 2 aromatic rings. The van der Waals surface area contributed by atoms with Gasteiger partial charge in [-0.15, -0.1) is 0 Å². The Morgan fingerprint density at radius 1 is 1.10 bits per heavy atom. The number of hydrogen-bond acceptors (Lipinski definition) is 3. The van der Waals surface area contributed by atoms with E-state index in [9.17, 15) is 13.2 Å². The van der Waals surface area contributed by atoms with Gasteiger partial charge in [-0.05, 0) is 49.1 Å². The molecule has 5 nitrogen and oxygen atoms in total. The van der Waals surface area contributed by atoms with Crippen LogP contribution in [0.2, 0.25) is 10.0 Å². The third-order valence-electron chi connectivity index (χ3n) is 4.62. The van der Waals surface area contributed by atoms with Gasteiger partial charge in [0.2, 0.25) is 15.9 Å². The molecule has 1 amide bonds. The van der Waals surface area contributed by atoms with Crippen LogP contribution in [0.15, 0.2) is 42.5 Å². The number of sulfonamides is 1. The van der Waals surface area contributed by atoms with E-state index in [0.29, 0.717) is 17.1 Å². The van der Waals surface area contributed by atoms with Gasteiger partial charge in [-0.3, -0.25) is 9.10 Å². The van der Waals surface area contributed by atoms with Crippen molar-refractivity contribution < 1.29 is 13.2 Å². The molecular formula is C21H26Cl2N2O3S. The molecule has 0 aliphatic heterocycles. The number of anilines is 1. The standard InChI is InChI=1S/C21H26Cl2N2O3S/c1-4-16-7-9-17(10-8-16)15(2)24-21(26)6-5-13-25(29(3,27)28)18-11-12-19(22)20(23)14-18/h7-12,14-15H,4-6,13H2,1-3H3,(H,24,26)/t15-/m0/s1. The van der Waals surface area contributed by atoms with E-state index in [1.54, 1.807) is 12.1 Å². The lowest BCUT2D eigenvalue weighted by Gasteiger charge is -2.23. The normalized spacial score (nSPS) is 12.4. The van der Waals surface area contributed by atoms with Crippen LogP contribution in [0.1, 0.15) is 43.9 Å². The third-order valence-corrected chi connectivity index (χ3v) is 6.56. The first kappa shape index (κ1) is 23.5. The first-order valence-electron chi connectivity index (χ1n) is 9.42. The summed E-state index contributed by atoms with van der Waals surface area (Å²) >= 11 is 11.9. The summed E-state index contributed by atoms with van der Waals surface area (Å²) < 4.78 is 25.6. The van der Waals surface area contributed by atoms with Crippen molar-refractivity contribution in [2.24, 2.45) is 0 Å². The van der Waals surface area contributed by atoms with Crippen molar-refractivity contribution in [3.05, 3.63) is 63.6 Å². The molecule has 0 saturated heterocycles. The second kappa shape index (κ2) is 10.3. The van der Waals surface area contributed by atoms with Crippen molar-refractivity contribution >= 4 is 44.8 Å². The fourth-order valence-electron chi connectivity index (χ4n) is 2.95. The molecule has 0 bridgehead atoms. The SMILES string of the molecule is CCc1ccc([C@H](C)NC(=O)CCCN(c2ccc(Cl)c(Cl)c2)S(C)(=O)=O)cc1. The maximum absolute atomic E-state index is 12.3. The Morgan fingerprint density at radius 2 is 1.76 bits per heavy atom. The molecule has 8 heteroatoms. The summed E-state index contributed by atoms with van der Waals surface area (Å²) in [7, 11) is -3.52. The van der Waals surface area contributed by atoms with Crippen molar-refractivity contribution in [1.82, 2.24) is 5.32 Å². The quantitative estimate of drug-likeness (QED) is 0.578. The van der Waals surface area contributed by atoms with Gasteiger partial charge < -0.3 is 5.32 Å². The van der Waals surface area contributed by atoms with Gasteiger partial charge in [0.15, 0.2) is 0 Å². The average molecular weight is 457 g/mol. The van der Waals surface area contributed by atoms with Crippen molar-refractivity contribution in [1.29, 1.82) is 0 Å². The lowest BCUT2D eigenvalue weighted by molar-refractivity contribution is -0.121. The van der Waals surface area contributed by atoms with Crippen molar-refractivity contribution in [3.8, 4) is 0 Å². The van der Waals surface area contributed by atoms with E-state index < -0.39 is 10.0 Å². The first-order chi connectivity index (χ1) is 13.6. The summed E-state index contributed by atoms with van der Waals surface area (Å²) in [5.41, 5.74) is 2.70. The largest absolute Gasteiger partial charge is 0.350 e. The van der Waals surface area contributed by atoms with E-state index in [1.807, 2.05) is 19.1 Å². The number of hydrogen-bond donors (Lipinski definition) is 1. The maximum atomic E-state index is 12.3. The first-order valence-corrected chi connectivity index (χ1v) is 12.0. The van der Waals surface area contributed by atoms with E-state index in [0.717, 1.165) is 18.2 Å². The summed E-state index contributed by atoms with van der Waals surface area (Å²) in [5.74, 6) is -0.125. The fraction of sp³-hybridized carbons (Fsp3) is 0.381. The molecule has 2 rings (SSSR count). The number of nitrogens with one attached hydrogen (secondary N) is 1. The summed E-state index contributed by atoms with van der Waals surface area (Å²) in [4.78, 5) is 12.3. The summed E-state index contributed by atoms with van der Waals surface area (Å²) in [6.07, 6.45) is 2.68. The number of carbonyl (C=O) groups excluding carboxylic acids is 1. The van der Waals surface area contributed by atoms with Gasteiger partial charge in [-0.25, -0.2) is 8.42 Å². The van der Waals surface area contributed by atoms with Crippen LogP contribution in [-0.4, -0.2) is 27.1 Å². The zero-order chi connectivity index (χ0) is 21.6. The smallest absolute Gasteiger partial charge is 0.232 e. The van der Waals surface area contributed by atoms with Gasteiger partial charge in [0.1, 0.15) is 0 Å². The molecule has 1 N–H and O–H groups in total. The zero-order valence-electron chi connectivity index (χ0n) is 16.8. The minimum Gasteiger partial charge on any atom is -0.350 e. The molecule has 158 valence electrons. The molecule has 0 aromatic heterocycles. The van der Waals surface area contributed by atoms with Crippen LogP contribution in [0.5, 0.6) is 0 Å². The van der Waals surface area contributed by atoms with Crippen molar-refractivity contribution in [2.75, 3.05) is 17.1 Å². The topological polar surface area (TPSA) is 66.5 Å². The number of aryl methyl sites for hydroxylation is 1. The highest BCUT2D eigenvalue weighted by molar-refractivity contribution is 7.92. The molecule has 0 fully saturated rings. The van der Waals surface area contributed by atoms with E-state index >= 15 is 0 Å². The number of carbonyl (C=O) groups is 1. The molecule has 2 aromatic carbocycles. The van der Waals surface area contributed by atoms with Gasteiger partial charge in [0.05, 0.1) is 28.0 Å². The molecule has 0 saturated carbocycles. The Labute approximate surface area is 183 Å². The summed E-state index contributed by atoms with van der Waals surface area (Å²) in [6.45, 7) is 4.19. The van der Waals surface area contributed by atoms with Gasteiger partial charge >= 0.3 is 0 Å². The molecule has 0 aliphatic carbocycles. The Bertz CT molecular complexity index is 947. The fourth-order valence-corrected chi connectivity index (χ4v) is 4.20.